The van der Waals surface area contributed by atoms with Crippen LogP contribution in [0.5, 0.6) is 0 Å². The van der Waals surface area contributed by atoms with Crippen LogP contribution in [0.2, 0.25) is 0 Å². The number of hydrogen-bond acceptors (Lipinski definition) is 4. The van der Waals surface area contributed by atoms with Gasteiger partial charge in [0.15, 0.2) is 0 Å². The maximum absolute atomic E-state index is 11.1. The molecule has 0 saturated carbocycles. The standard InChI is InChI=1S/C13H20N2O2/c14-9-12(5-8-17-10-12)13(16)4-7-15-6-2-1-3-11(13)15/h11,16H,1-8,10H2. The van der Waals surface area contributed by atoms with Gasteiger partial charge in [0.05, 0.1) is 12.7 Å². The molecule has 17 heavy (non-hydrogen) atoms. The maximum Gasteiger partial charge on any atom is 0.113 e. The fourth-order valence-electron chi connectivity index (χ4n) is 3.93. The van der Waals surface area contributed by atoms with Crippen molar-refractivity contribution < 1.29 is 9.84 Å². The molecule has 1 N–H and O–H groups in total. The predicted molar refractivity (Wildman–Crippen MR) is 62.3 cm³/mol. The Morgan fingerprint density at radius 2 is 2.18 bits per heavy atom. The van der Waals surface area contributed by atoms with E-state index in [4.69, 9.17) is 4.74 Å². The molecule has 3 saturated heterocycles. The molecule has 3 heterocycles. The molecule has 3 aliphatic rings. The van der Waals surface area contributed by atoms with Gasteiger partial charge in [-0.3, -0.25) is 4.90 Å². The monoisotopic (exact) mass is 236 g/mol. The van der Waals surface area contributed by atoms with E-state index >= 15 is 0 Å². The Kier molecular flexibility index (Phi) is 2.66. The van der Waals surface area contributed by atoms with E-state index in [1.807, 2.05) is 0 Å². The zero-order chi connectivity index (χ0) is 11.9. The zero-order valence-corrected chi connectivity index (χ0v) is 10.2. The number of rotatable bonds is 1. The summed E-state index contributed by atoms with van der Waals surface area (Å²) in [7, 11) is 0. The van der Waals surface area contributed by atoms with E-state index in [-0.39, 0.29) is 6.04 Å². The van der Waals surface area contributed by atoms with E-state index in [0.717, 1.165) is 25.9 Å². The van der Waals surface area contributed by atoms with E-state index < -0.39 is 11.0 Å². The fraction of sp³-hybridized carbons (Fsp3) is 0.923. The summed E-state index contributed by atoms with van der Waals surface area (Å²) in [5.74, 6) is 0. The van der Waals surface area contributed by atoms with Crippen molar-refractivity contribution in [3.05, 3.63) is 0 Å². The molecule has 4 nitrogen and oxygen atoms in total. The van der Waals surface area contributed by atoms with Crippen LogP contribution in [0.4, 0.5) is 0 Å². The highest BCUT2D eigenvalue weighted by atomic mass is 16.5. The van der Waals surface area contributed by atoms with Gasteiger partial charge in [-0.15, -0.1) is 0 Å². The van der Waals surface area contributed by atoms with Crippen LogP contribution in [0, 0.1) is 16.7 Å². The van der Waals surface area contributed by atoms with Gasteiger partial charge in [0, 0.05) is 19.2 Å². The Labute approximate surface area is 102 Å². The molecule has 0 aromatic rings. The fourth-order valence-corrected chi connectivity index (χ4v) is 3.93. The average Bonchev–Trinajstić information content (AvgIpc) is 2.97. The van der Waals surface area contributed by atoms with E-state index in [1.165, 1.54) is 12.8 Å². The van der Waals surface area contributed by atoms with Crippen LogP contribution in [0.15, 0.2) is 0 Å². The van der Waals surface area contributed by atoms with Crippen LogP contribution >= 0.6 is 0 Å². The first kappa shape index (κ1) is 11.5. The lowest BCUT2D eigenvalue weighted by atomic mass is 9.67. The number of nitriles is 1. The number of piperidine rings is 1. The normalized spacial score (nSPS) is 46.7. The lowest BCUT2D eigenvalue weighted by Crippen LogP contribution is -2.57. The van der Waals surface area contributed by atoms with Gasteiger partial charge in [0.2, 0.25) is 0 Å². The second kappa shape index (κ2) is 3.94. The number of nitrogens with zero attached hydrogens (tertiary/aromatic N) is 2. The zero-order valence-electron chi connectivity index (χ0n) is 10.2. The summed E-state index contributed by atoms with van der Waals surface area (Å²) in [6.45, 7) is 3.03. The van der Waals surface area contributed by atoms with Crippen molar-refractivity contribution >= 4 is 0 Å². The molecular weight excluding hydrogens is 216 g/mol. The Hall–Kier alpha value is -0.630. The third kappa shape index (κ3) is 1.46. The molecule has 0 amide bonds. The third-order valence-corrected chi connectivity index (χ3v) is 5.01. The number of hydrogen-bond donors (Lipinski definition) is 1. The van der Waals surface area contributed by atoms with Gasteiger partial charge < -0.3 is 9.84 Å². The van der Waals surface area contributed by atoms with E-state index in [1.54, 1.807) is 0 Å². The first-order valence-electron chi connectivity index (χ1n) is 6.67. The van der Waals surface area contributed by atoms with Crippen molar-refractivity contribution in [3.63, 3.8) is 0 Å². The lowest BCUT2D eigenvalue weighted by Gasteiger charge is -2.44. The molecule has 94 valence electrons. The predicted octanol–water partition coefficient (Wildman–Crippen LogP) is 0.906. The van der Waals surface area contributed by atoms with Crippen LogP contribution in [0.25, 0.3) is 0 Å². The largest absolute Gasteiger partial charge is 0.386 e. The van der Waals surface area contributed by atoms with Crippen LogP contribution in [0.1, 0.15) is 32.1 Å². The Bertz CT molecular complexity index is 346. The van der Waals surface area contributed by atoms with E-state index in [0.29, 0.717) is 19.6 Å². The quantitative estimate of drug-likeness (QED) is 0.735. The van der Waals surface area contributed by atoms with Crippen molar-refractivity contribution in [2.24, 2.45) is 5.41 Å². The van der Waals surface area contributed by atoms with Gasteiger partial charge in [0.25, 0.3) is 0 Å². The molecular formula is C13H20N2O2. The maximum atomic E-state index is 11.1. The minimum atomic E-state index is -0.849. The minimum absolute atomic E-state index is 0.178. The van der Waals surface area contributed by atoms with Gasteiger partial charge in [-0.1, -0.05) is 6.42 Å². The molecule has 3 rings (SSSR count). The van der Waals surface area contributed by atoms with Crippen molar-refractivity contribution in [2.45, 2.75) is 43.7 Å². The Morgan fingerprint density at radius 1 is 1.29 bits per heavy atom. The molecule has 3 aliphatic heterocycles. The van der Waals surface area contributed by atoms with Gasteiger partial charge in [-0.2, -0.15) is 5.26 Å². The van der Waals surface area contributed by atoms with Gasteiger partial charge >= 0.3 is 0 Å². The highest BCUT2D eigenvalue weighted by Crippen LogP contribution is 2.49. The molecule has 3 fully saturated rings. The third-order valence-electron chi connectivity index (χ3n) is 5.01. The second-order valence-corrected chi connectivity index (χ2v) is 5.72. The van der Waals surface area contributed by atoms with Gasteiger partial charge in [-0.05, 0) is 32.2 Å². The topological polar surface area (TPSA) is 56.5 Å². The average molecular weight is 236 g/mol. The van der Waals surface area contributed by atoms with E-state index in [2.05, 4.69) is 11.0 Å². The highest BCUT2D eigenvalue weighted by Gasteiger charge is 2.61. The summed E-state index contributed by atoms with van der Waals surface area (Å²) in [5.41, 5.74) is -1.51. The molecule has 0 radical (unpaired) electrons. The second-order valence-electron chi connectivity index (χ2n) is 5.72. The summed E-state index contributed by atoms with van der Waals surface area (Å²) < 4.78 is 5.41. The number of ether oxygens (including phenoxy) is 1. The molecule has 0 aromatic heterocycles. The Morgan fingerprint density at radius 3 is 2.88 bits per heavy atom. The minimum Gasteiger partial charge on any atom is -0.386 e. The summed E-state index contributed by atoms with van der Waals surface area (Å²) in [6, 6.07) is 2.57. The van der Waals surface area contributed by atoms with Crippen LogP contribution < -0.4 is 0 Å². The number of aliphatic hydroxyl groups is 1. The molecule has 0 aromatic carbocycles. The van der Waals surface area contributed by atoms with Crippen molar-refractivity contribution in [1.82, 2.24) is 4.90 Å². The number of fused-ring (bicyclic) bond motifs is 1. The Balaban J connectivity index is 1.92. The van der Waals surface area contributed by atoms with Crippen molar-refractivity contribution in [1.29, 1.82) is 5.26 Å². The lowest BCUT2D eigenvalue weighted by molar-refractivity contribution is -0.0884. The first-order chi connectivity index (χ1) is 8.22. The van der Waals surface area contributed by atoms with Crippen LogP contribution in [0.3, 0.4) is 0 Å². The highest BCUT2D eigenvalue weighted by molar-refractivity contribution is 5.20. The van der Waals surface area contributed by atoms with Gasteiger partial charge in [-0.25, -0.2) is 0 Å². The van der Waals surface area contributed by atoms with Crippen LogP contribution in [-0.4, -0.2) is 48.0 Å². The summed E-state index contributed by atoms with van der Waals surface area (Å²) in [6.07, 6.45) is 4.84. The summed E-state index contributed by atoms with van der Waals surface area (Å²) in [5, 5.41) is 20.6. The summed E-state index contributed by atoms with van der Waals surface area (Å²) in [4.78, 5) is 2.38. The molecule has 4 heteroatoms. The molecule has 3 unspecified atom stereocenters. The molecule has 3 atom stereocenters. The van der Waals surface area contributed by atoms with Gasteiger partial charge in [0.1, 0.15) is 11.0 Å². The smallest absolute Gasteiger partial charge is 0.113 e. The van der Waals surface area contributed by atoms with Crippen molar-refractivity contribution in [2.75, 3.05) is 26.3 Å². The summed E-state index contributed by atoms with van der Waals surface area (Å²) >= 11 is 0. The first-order valence-corrected chi connectivity index (χ1v) is 6.67. The molecule has 0 bridgehead atoms. The van der Waals surface area contributed by atoms with E-state index in [9.17, 15) is 10.4 Å². The van der Waals surface area contributed by atoms with Crippen LogP contribution in [-0.2, 0) is 4.74 Å². The molecule has 0 spiro atoms. The molecule has 0 aliphatic carbocycles. The van der Waals surface area contributed by atoms with Crippen molar-refractivity contribution in [3.8, 4) is 6.07 Å². The SMILES string of the molecule is N#CC1(C2(O)CCN3CCCCC32)CCOC1.